The first-order valence-electron chi connectivity index (χ1n) is 7.88. The predicted octanol–water partition coefficient (Wildman–Crippen LogP) is 2.87. The lowest BCUT2D eigenvalue weighted by Gasteiger charge is -2.43. The van der Waals surface area contributed by atoms with Crippen molar-refractivity contribution in [1.82, 2.24) is 4.90 Å². The van der Waals surface area contributed by atoms with Crippen molar-refractivity contribution >= 4 is 23.5 Å². The molecule has 2 rings (SSSR count). The van der Waals surface area contributed by atoms with Crippen LogP contribution in [0.25, 0.3) is 0 Å². The van der Waals surface area contributed by atoms with Crippen LogP contribution in [-0.4, -0.2) is 39.6 Å². The van der Waals surface area contributed by atoms with Crippen molar-refractivity contribution in [3.63, 3.8) is 0 Å². The average molecular weight is 340 g/mol. The summed E-state index contributed by atoms with van der Waals surface area (Å²) in [6.07, 6.45) is 1.68. The molecule has 1 aliphatic heterocycles. The molecule has 5 nitrogen and oxygen atoms in total. The van der Waals surface area contributed by atoms with Crippen molar-refractivity contribution in [2.24, 2.45) is 5.92 Å². The zero-order valence-electron chi connectivity index (χ0n) is 13.1. The number of rotatable bonds is 6. The molecule has 0 spiro atoms. The topological polar surface area (TPSA) is 77.8 Å². The highest BCUT2D eigenvalue weighted by Crippen LogP contribution is 2.37. The normalized spacial score (nSPS) is 22.9. The van der Waals surface area contributed by atoms with Gasteiger partial charge in [0.05, 0.1) is 25.1 Å². The Morgan fingerprint density at radius 2 is 2.00 bits per heavy atom. The third-order valence-corrected chi connectivity index (χ3v) is 4.73. The van der Waals surface area contributed by atoms with E-state index in [0.717, 1.165) is 5.56 Å². The Morgan fingerprint density at radius 1 is 1.35 bits per heavy atom. The Hall–Kier alpha value is -1.59. The summed E-state index contributed by atoms with van der Waals surface area (Å²) in [5.41, 5.74) is 0.962. The van der Waals surface area contributed by atoms with E-state index >= 15 is 0 Å². The van der Waals surface area contributed by atoms with Crippen molar-refractivity contribution in [2.75, 3.05) is 6.61 Å². The van der Waals surface area contributed by atoms with Gasteiger partial charge in [-0.15, -0.1) is 0 Å². The van der Waals surface area contributed by atoms with Crippen molar-refractivity contribution in [1.29, 1.82) is 0 Å². The van der Waals surface area contributed by atoms with Crippen LogP contribution in [0, 0.1) is 5.92 Å². The maximum Gasteiger partial charge on any atom is 0.304 e. The number of aliphatic hydroxyl groups excluding tert-OH is 1. The summed E-state index contributed by atoms with van der Waals surface area (Å²) >= 11 is 5.93. The minimum absolute atomic E-state index is 0.133. The summed E-state index contributed by atoms with van der Waals surface area (Å²) in [6, 6.07) is 6.87. The zero-order chi connectivity index (χ0) is 17.0. The number of hydrogen-bond acceptors (Lipinski definition) is 3. The number of carboxylic acids is 1. The third-order valence-electron chi connectivity index (χ3n) is 4.48. The first-order valence-corrected chi connectivity index (χ1v) is 8.26. The molecule has 6 heteroatoms. The van der Waals surface area contributed by atoms with Gasteiger partial charge < -0.3 is 15.1 Å². The van der Waals surface area contributed by atoms with Crippen molar-refractivity contribution in [3.8, 4) is 0 Å². The van der Waals surface area contributed by atoms with Crippen LogP contribution in [0.15, 0.2) is 24.3 Å². The molecule has 2 N–H and O–H groups in total. The van der Waals surface area contributed by atoms with E-state index in [4.69, 9.17) is 16.7 Å². The van der Waals surface area contributed by atoms with Gasteiger partial charge in [0.25, 0.3) is 0 Å². The van der Waals surface area contributed by atoms with E-state index in [0.29, 0.717) is 24.3 Å². The van der Waals surface area contributed by atoms with E-state index < -0.39 is 11.9 Å². The molecule has 0 unspecified atom stereocenters. The van der Waals surface area contributed by atoms with Crippen molar-refractivity contribution in [2.45, 2.75) is 44.7 Å². The van der Waals surface area contributed by atoms with Crippen LogP contribution < -0.4 is 0 Å². The minimum atomic E-state index is -0.967. The number of carboxylic acid groups (broad SMARTS) is 1. The molecule has 1 amide bonds. The summed E-state index contributed by atoms with van der Waals surface area (Å²) in [4.78, 5) is 25.5. The van der Waals surface area contributed by atoms with E-state index in [1.54, 1.807) is 17.0 Å². The molecular formula is C17H22ClNO4. The average Bonchev–Trinajstić information content (AvgIpc) is 2.52. The van der Waals surface area contributed by atoms with Crippen LogP contribution in [0.4, 0.5) is 0 Å². The molecule has 1 fully saturated rings. The maximum atomic E-state index is 12.8. The summed E-state index contributed by atoms with van der Waals surface area (Å²) in [5, 5.41) is 19.3. The number of halogens is 1. The number of likely N-dealkylation sites (tertiary alicyclic amines) is 1. The molecule has 126 valence electrons. The Bertz CT molecular complexity index is 556. The smallest absolute Gasteiger partial charge is 0.304 e. The van der Waals surface area contributed by atoms with E-state index in [1.165, 1.54) is 0 Å². The van der Waals surface area contributed by atoms with E-state index in [2.05, 4.69) is 0 Å². The second-order valence-corrected chi connectivity index (χ2v) is 6.37. The van der Waals surface area contributed by atoms with Gasteiger partial charge in [0.1, 0.15) is 0 Å². The molecule has 23 heavy (non-hydrogen) atoms. The fourth-order valence-electron chi connectivity index (χ4n) is 3.25. The number of amides is 1. The Labute approximate surface area is 140 Å². The minimum Gasteiger partial charge on any atom is -0.481 e. The predicted molar refractivity (Wildman–Crippen MR) is 87.2 cm³/mol. The summed E-state index contributed by atoms with van der Waals surface area (Å²) in [6.45, 7) is 1.78. The second kappa shape index (κ2) is 7.79. The standard InChI is InChI=1S/C17H22ClNO4/c1-2-14(10-20)19-15(11-3-6-13(18)7-4-11)8-5-12(17(19)23)9-16(21)22/h3-4,6-7,12,14-15,20H,2,5,8-10H2,1H3,(H,21,22)/t12-,14+,15+/m1/s1. The Morgan fingerprint density at radius 3 is 2.52 bits per heavy atom. The van der Waals surface area contributed by atoms with E-state index in [9.17, 15) is 14.7 Å². The lowest BCUT2D eigenvalue weighted by atomic mass is 9.85. The maximum absolute atomic E-state index is 12.8. The van der Waals surface area contributed by atoms with Gasteiger partial charge in [-0.05, 0) is 37.0 Å². The number of nitrogens with zero attached hydrogens (tertiary/aromatic N) is 1. The first kappa shape index (κ1) is 17.8. The molecule has 0 aromatic heterocycles. The highest BCUT2D eigenvalue weighted by molar-refractivity contribution is 6.30. The molecule has 0 bridgehead atoms. The van der Waals surface area contributed by atoms with Crippen LogP contribution >= 0.6 is 11.6 Å². The second-order valence-electron chi connectivity index (χ2n) is 5.93. The van der Waals surface area contributed by atoms with Gasteiger partial charge in [0.15, 0.2) is 0 Å². The van der Waals surface area contributed by atoms with E-state index in [1.807, 2.05) is 19.1 Å². The molecule has 1 aromatic rings. The number of hydrogen-bond donors (Lipinski definition) is 2. The zero-order valence-corrected chi connectivity index (χ0v) is 13.9. The van der Waals surface area contributed by atoms with Crippen molar-refractivity contribution < 1.29 is 19.8 Å². The SMILES string of the molecule is CC[C@@H](CO)N1C(=O)[C@@H](CC(=O)O)CC[C@H]1c1ccc(Cl)cc1. The van der Waals surface area contributed by atoms with Gasteiger partial charge in [-0.25, -0.2) is 0 Å². The molecule has 1 heterocycles. The largest absolute Gasteiger partial charge is 0.481 e. The lowest BCUT2D eigenvalue weighted by molar-refractivity contribution is -0.152. The number of carbonyl (C=O) groups is 2. The molecule has 1 saturated heterocycles. The monoisotopic (exact) mass is 339 g/mol. The highest BCUT2D eigenvalue weighted by atomic mass is 35.5. The van der Waals surface area contributed by atoms with Crippen LogP contribution in [0.5, 0.6) is 0 Å². The molecule has 3 atom stereocenters. The Kier molecular flexibility index (Phi) is 6.02. The molecule has 0 radical (unpaired) electrons. The first-order chi connectivity index (χ1) is 11.0. The summed E-state index contributed by atoms with van der Waals surface area (Å²) in [7, 11) is 0. The quantitative estimate of drug-likeness (QED) is 0.835. The number of piperidine rings is 1. The van der Waals surface area contributed by atoms with Gasteiger partial charge >= 0.3 is 5.97 Å². The molecular weight excluding hydrogens is 318 g/mol. The van der Waals surface area contributed by atoms with Gasteiger partial charge in [-0.2, -0.15) is 0 Å². The van der Waals surface area contributed by atoms with Gasteiger partial charge in [-0.3, -0.25) is 9.59 Å². The molecule has 1 aromatic carbocycles. The lowest BCUT2D eigenvalue weighted by Crippen LogP contribution is -2.50. The van der Waals surface area contributed by atoms with Crippen molar-refractivity contribution in [3.05, 3.63) is 34.9 Å². The van der Waals surface area contributed by atoms with Gasteiger partial charge in [-0.1, -0.05) is 30.7 Å². The van der Waals surface area contributed by atoms with E-state index in [-0.39, 0.29) is 31.0 Å². The van der Waals surface area contributed by atoms with Crippen LogP contribution in [-0.2, 0) is 9.59 Å². The van der Waals surface area contributed by atoms with Gasteiger partial charge in [0, 0.05) is 10.9 Å². The molecule has 0 saturated carbocycles. The van der Waals surface area contributed by atoms with Crippen LogP contribution in [0.2, 0.25) is 5.02 Å². The fourth-order valence-corrected chi connectivity index (χ4v) is 3.37. The van der Waals surface area contributed by atoms with Crippen LogP contribution in [0.3, 0.4) is 0 Å². The number of benzene rings is 1. The number of carbonyl (C=O) groups excluding carboxylic acids is 1. The third kappa shape index (κ3) is 4.03. The van der Waals surface area contributed by atoms with Gasteiger partial charge in [0.2, 0.25) is 5.91 Å². The van der Waals surface area contributed by atoms with Crippen LogP contribution in [0.1, 0.15) is 44.2 Å². The number of aliphatic hydroxyl groups is 1. The fraction of sp³-hybridized carbons (Fsp3) is 0.529. The summed E-state index contributed by atoms with van der Waals surface area (Å²) in [5.74, 6) is -1.67. The summed E-state index contributed by atoms with van der Waals surface area (Å²) < 4.78 is 0. The molecule has 0 aliphatic carbocycles. The highest BCUT2D eigenvalue weighted by Gasteiger charge is 2.39. The number of aliphatic carboxylic acids is 1. The Balaban J connectivity index is 2.31. The molecule has 1 aliphatic rings.